The molecule has 2 aliphatic rings. The summed E-state index contributed by atoms with van der Waals surface area (Å²) in [6.07, 6.45) is 6.94. The molecule has 4 heteroatoms. The van der Waals surface area contributed by atoms with Gasteiger partial charge in [0.15, 0.2) is 0 Å². The number of ketones is 1. The summed E-state index contributed by atoms with van der Waals surface area (Å²) >= 11 is 0. The second-order valence-electron chi connectivity index (χ2n) is 7.83. The average Bonchev–Trinajstić information content (AvgIpc) is 2.56. The van der Waals surface area contributed by atoms with Crippen molar-refractivity contribution in [1.29, 1.82) is 0 Å². The SMILES string of the molecule is CCCCCC(C)Oc1cc(O)c2c(c1)N(C)CC1CCC(=O)CC21. The number of carbonyl (C=O) groups excluding carboxylic acids is 1. The summed E-state index contributed by atoms with van der Waals surface area (Å²) in [5.41, 5.74) is 1.96. The van der Waals surface area contributed by atoms with Crippen molar-refractivity contribution in [2.75, 3.05) is 18.5 Å². The fourth-order valence-corrected chi connectivity index (χ4v) is 4.40. The van der Waals surface area contributed by atoms with Crippen LogP contribution in [0.5, 0.6) is 11.5 Å². The maximum absolute atomic E-state index is 11.9. The number of hydrogen-bond donors (Lipinski definition) is 1. The minimum Gasteiger partial charge on any atom is -0.507 e. The summed E-state index contributed by atoms with van der Waals surface area (Å²) in [4.78, 5) is 14.1. The third kappa shape index (κ3) is 3.94. The smallest absolute Gasteiger partial charge is 0.133 e. The molecule has 0 amide bonds. The Labute approximate surface area is 151 Å². The molecule has 3 atom stereocenters. The standard InChI is InChI=1S/C21H31NO3/c1-4-5-6-7-14(2)25-17-11-19-21(20(24)12-17)18-10-16(23)9-8-15(18)13-22(19)3/h11-12,14-15,18,24H,4-10,13H2,1-3H3. The maximum Gasteiger partial charge on any atom is 0.133 e. The molecule has 1 aliphatic carbocycles. The molecule has 3 rings (SSSR count). The van der Waals surface area contributed by atoms with E-state index in [-0.39, 0.29) is 17.8 Å². The van der Waals surface area contributed by atoms with E-state index in [1.54, 1.807) is 6.07 Å². The molecule has 4 nitrogen and oxygen atoms in total. The Balaban J connectivity index is 1.81. The number of rotatable bonds is 6. The van der Waals surface area contributed by atoms with Crippen LogP contribution in [0.1, 0.15) is 70.3 Å². The van der Waals surface area contributed by atoms with E-state index in [1.165, 1.54) is 19.3 Å². The lowest BCUT2D eigenvalue weighted by Crippen LogP contribution is -2.38. The number of unbranched alkanes of at least 4 members (excludes halogenated alkanes) is 2. The Hall–Kier alpha value is -1.71. The van der Waals surface area contributed by atoms with Crippen LogP contribution in [0.3, 0.4) is 0 Å². The highest BCUT2D eigenvalue weighted by Crippen LogP contribution is 2.49. The minimum absolute atomic E-state index is 0.141. The lowest BCUT2D eigenvalue weighted by molar-refractivity contribution is -0.121. The molecule has 0 radical (unpaired) electrons. The summed E-state index contributed by atoms with van der Waals surface area (Å²) in [5.74, 6) is 1.95. The van der Waals surface area contributed by atoms with Crippen LogP contribution >= 0.6 is 0 Å². The van der Waals surface area contributed by atoms with Gasteiger partial charge in [-0.1, -0.05) is 19.8 Å². The number of ether oxygens (including phenoxy) is 1. The number of phenols is 1. The van der Waals surface area contributed by atoms with Gasteiger partial charge in [-0.25, -0.2) is 0 Å². The third-order valence-corrected chi connectivity index (χ3v) is 5.76. The summed E-state index contributed by atoms with van der Waals surface area (Å²) in [6.45, 7) is 5.23. The fourth-order valence-electron chi connectivity index (χ4n) is 4.40. The van der Waals surface area contributed by atoms with Gasteiger partial charge in [-0.15, -0.1) is 0 Å². The Morgan fingerprint density at radius 3 is 2.92 bits per heavy atom. The van der Waals surface area contributed by atoms with Crippen molar-refractivity contribution in [1.82, 2.24) is 0 Å². The highest BCUT2D eigenvalue weighted by molar-refractivity contribution is 5.81. The third-order valence-electron chi connectivity index (χ3n) is 5.76. The molecule has 1 saturated carbocycles. The molecule has 1 aromatic rings. The number of carbonyl (C=O) groups is 1. The molecule has 138 valence electrons. The molecule has 0 saturated heterocycles. The Bertz CT molecular complexity index is 628. The molecule has 1 fully saturated rings. The summed E-state index contributed by atoms with van der Waals surface area (Å²) < 4.78 is 6.06. The van der Waals surface area contributed by atoms with Gasteiger partial charge in [-0.2, -0.15) is 0 Å². The van der Waals surface area contributed by atoms with E-state index in [9.17, 15) is 9.90 Å². The number of aromatic hydroxyl groups is 1. The van der Waals surface area contributed by atoms with Gasteiger partial charge in [-0.05, 0) is 32.1 Å². The first kappa shape index (κ1) is 18.1. The zero-order valence-corrected chi connectivity index (χ0v) is 15.8. The molecule has 1 aromatic carbocycles. The molecule has 1 heterocycles. The van der Waals surface area contributed by atoms with Crippen LogP contribution in [-0.2, 0) is 4.79 Å². The van der Waals surface area contributed by atoms with Crippen LogP contribution in [0.15, 0.2) is 12.1 Å². The van der Waals surface area contributed by atoms with Gasteiger partial charge in [0.2, 0.25) is 0 Å². The maximum atomic E-state index is 11.9. The normalized spacial score (nSPS) is 23.8. The van der Waals surface area contributed by atoms with E-state index in [0.717, 1.165) is 36.4 Å². The predicted octanol–water partition coefficient (Wildman–Crippen LogP) is 4.64. The van der Waals surface area contributed by atoms with Crippen LogP contribution in [0, 0.1) is 5.92 Å². The van der Waals surface area contributed by atoms with Crippen LogP contribution in [0.25, 0.3) is 0 Å². The van der Waals surface area contributed by atoms with E-state index in [4.69, 9.17) is 4.74 Å². The fraction of sp³-hybridized carbons (Fsp3) is 0.667. The predicted molar refractivity (Wildman–Crippen MR) is 101 cm³/mol. The monoisotopic (exact) mass is 345 g/mol. The highest BCUT2D eigenvalue weighted by atomic mass is 16.5. The lowest BCUT2D eigenvalue weighted by Gasteiger charge is -2.42. The van der Waals surface area contributed by atoms with Crippen molar-refractivity contribution in [3.8, 4) is 11.5 Å². The van der Waals surface area contributed by atoms with Crippen molar-refractivity contribution in [2.24, 2.45) is 5.92 Å². The zero-order valence-electron chi connectivity index (χ0n) is 15.8. The number of benzene rings is 1. The quantitative estimate of drug-likeness (QED) is 0.763. The lowest BCUT2D eigenvalue weighted by atomic mass is 9.72. The molecule has 1 aliphatic heterocycles. The van der Waals surface area contributed by atoms with Gasteiger partial charge in [0.1, 0.15) is 17.3 Å². The molecular weight excluding hydrogens is 314 g/mol. The average molecular weight is 345 g/mol. The van der Waals surface area contributed by atoms with Crippen LogP contribution in [0.2, 0.25) is 0 Å². The molecule has 1 N–H and O–H groups in total. The molecule has 0 aromatic heterocycles. The second-order valence-corrected chi connectivity index (χ2v) is 7.83. The van der Waals surface area contributed by atoms with Crippen molar-refractivity contribution in [3.63, 3.8) is 0 Å². The van der Waals surface area contributed by atoms with E-state index < -0.39 is 0 Å². The van der Waals surface area contributed by atoms with Gasteiger partial charge >= 0.3 is 0 Å². The van der Waals surface area contributed by atoms with E-state index in [0.29, 0.717) is 24.5 Å². The topological polar surface area (TPSA) is 49.8 Å². The van der Waals surface area contributed by atoms with Crippen LogP contribution < -0.4 is 9.64 Å². The summed E-state index contributed by atoms with van der Waals surface area (Å²) in [7, 11) is 2.07. The number of Topliss-reactive ketones (excluding diaryl/α,β-unsaturated/α-hetero) is 1. The van der Waals surface area contributed by atoms with Crippen molar-refractivity contribution in [2.45, 2.75) is 70.8 Å². The number of fused-ring (bicyclic) bond motifs is 3. The highest BCUT2D eigenvalue weighted by Gasteiger charge is 2.38. The Morgan fingerprint density at radius 2 is 2.16 bits per heavy atom. The number of hydrogen-bond acceptors (Lipinski definition) is 4. The van der Waals surface area contributed by atoms with E-state index in [1.807, 2.05) is 6.07 Å². The number of anilines is 1. The van der Waals surface area contributed by atoms with Crippen molar-refractivity contribution < 1.29 is 14.6 Å². The Kier molecular flexibility index (Phi) is 5.55. The first-order valence-electron chi connectivity index (χ1n) is 9.76. The largest absolute Gasteiger partial charge is 0.507 e. The molecular formula is C21H31NO3. The van der Waals surface area contributed by atoms with E-state index in [2.05, 4.69) is 25.8 Å². The van der Waals surface area contributed by atoms with E-state index >= 15 is 0 Å². The molecule has 0 spiro atoms. The van der Waals surface area contributed by atoms with Gasteiger partial charge in [0, 0.05) is 55.7 Å². The minimum atomic E-state index is 0.141. The van der Waals surface area contributed by atoms with Crippen molar-refractivity contribution >= 4 is 11.5 Å². The van der Waals surface area contributed by atoms with Gasteiger partial charge in [0.05, 0.1) is 6.10 Å². The molecule has 25 heavy (non-hydrogen) atoms. The van der Waals surface area contributed by atoms with Gasteiger partial charge < -0.3 is 14.7 Å². The van der Waals surface area contributed by atoms with Crippen LogP contribution in [-0.4, -0.2) is 30.6 Å². The zero-order chi connectivity index (χ0) is 18.0. The van der Waals surface area contributed by atoms with Crippen LogP contribution in [0.4, 0.5) is 5.69 Å². The summed E-state index contributed by atoms with van der Waals surface area (Å²) in [6, 6.07) is 3.78. The number of phenolic OH excluding ortho intramolecular Hbond substituents is 1. The van der Waals surface area contributed by atoms with Gasteiger partial charge in [-0.3, -0.25) is 4.79 Å². The first-order chi connectivity index (χ1) is 12.0. The number of nitrogens with zero attached hydrogens (tertiary/aromatic N) is 1. The summed E-state index contributed by atoms with van der Waals surface area (Å²) in [5, 5.41) is 10.7. The first-order valence-corrected chi connectivity index (χ1v) is 9.76. The van der Waals surface area contributed by atoms with Crippen molar-refractivity contribution in [3.05, 3.63) is 17.7 Å². The Morgan fingerprint density at radius 1 is 1.36 bits per heavy atom. The molecule has 3 unspecified atom stereocenters. The molecule has 0 bridgehead atoms. The van der Waals surface area contributed by atoms with Gasteiger partial charge in [0.25, 0.3) is 0 Å². The second kappa shape index (κ2) is 7.67.